The largest absolute Gasteiger partial charge is 0.102 e. The molecule has 0 aromatic carbocycles. The summed E-state index contributed by atoms with van der Waals surface area (Å²) in [5.74, 6) is 0.586. The zero-order valence-corrected chi connectivity index (χ0v) is 5.57. The maximum atomic E-state index is 3.90. The van der Waals surface area contributed by atoms with Crippen molar-refractivity contribution in [3.63, 3.8) is 0 Å². The van der Waals surface area contributed by atoms with Gasteiger partial charge in [-0.3, -0.25) is 0 Å². The minimum Gasteiger partial charge on any atom is -0.102 e. The summed E-state index contributed by atoms with van der Waals surface area (Å²) < 4.78 is 0. The van der Waals surface area contributed by atoms with Crippen LogP contribution in [-0.4, -0.2) is 0 Å². The fraction of sp³-hybridized carbons (Fsp3) is 0.500. The topological polar surface area (TPSA) is 0 Å². The molecule has 0 amide bonds. The molecule has 1 aliphatic carbocycles. The van der Waals surface area contributed by atoms with Gasteiger partial charge < -0.3 is 0 Å². The van der Waals surface area contributed by atoms with Crippen LogP contribution in [-0.2, 0) is 0 Å². The second kappa shape index (κ2) is 1.25. The summed E-state index contributed by atoms with van der Waals surface area (Å²) in [6, 6.07) is 0. The van der Waals surface area contributed by atoms with Gasteiger partial charge in [0.05, 0.1) is 0 Å². The number of rotatable bonds is 1. The fourth-order valence-electron chi connectivity index (χ4n) is 1.11. The van der Waals surface area contributed by atoms with Gasteiger partial charge in [0.25, 0.3) is 0 Å². The molecule has 0 aromatic rings. The Morgan fingerprint density at radius 3 is 2.00 bits per heavy atom. The SMILES string of the molecule is C=CC1C(=C)C1(C)C. The highest BCUT2D eigenvalue weighted by Gasteiger charge is 2.48. The van der Waals surface area contributed by atoms with Gasteiger partial charge in [-0.05, 0) is 5.41 Å². The van der Waals surface area contributed by atoms with Crippen molar-refractivity contribution in [2.24, 2.45) is 11.3 Å². The maximum Gasteiger partial charge on any atom is 0.00657 e. The van der Waals surface area contributed by atoms with E-state index in [-0.39, 0.29) is 0 Å². The summed E-state index contributed by atoms with van der Waals surface area (Å²) in [5.41, 5.74) is 1.69. The van der Waals surface area contributed by atoms with E-state index >= 15 is 0 Å². The van der Waals surface area contributed by atoms with Crippen molar-refractivity contribution in [3.8, 4) is 0 Å². The van der Waals surface area contributed by atoms with Crippen molar-refractivity contribution >= 4 is 0 Å². The second-order valence-corrected chi connectivity index (χ2v) is 2.96. The number of allylic oxidation sites excluding steroid dienone is 2. The van der Waals surface area contributed by atoms with Crippen molar-refractivity contribution < 1.29 is 0 Å². The van der Waals surface area contributed by atoms with Crippen LogP contribution < -0.4 is 0 Å². The van der Waals surface area contributed by atoms with Crippen LogP contribution >= 0.6 is 0 Å². The number of hydrogen-bond acceptors (Lipinski definition) is 0. The lowest BCUT2D eigenvalue weighted by atomic mass is 10.1. The van der Waals surface area contributed by atoms with E-state index < -0.39 is 0 Å². The minimum atomic E-state index is 0.363. The Hall–Kier alpha value is -0.520. The van der Waals surface area contributed by atoms with Crippen molar-refractivity contribution in [3.05, 3.63) is 24.8 Å². The predicted octanol–water partition coefficient (Wildman–Crippen LogP) is 2.38. The third kappa shape index (κ3) is 0.459. The molecule has 1 fully saturated rings. The number of hydrogen-bond donors (Lipinski definition) is 0. The van der Waals surface area contributed by atoms with Gasteiger partial charge in [0.15, 0.2) is 0 Å². The third-order valence-corrected chi connectivity index (χ3v) is 2.13. The summed E-state index contributed by atoms with van der Waals surface area (Å²) in [7, 11) is 0. The van der Waals surface area contributed by atoms with E-state index in [1.165, 1.54) is 5.57 Å². The lowest BCUT2D eigenvalue weighted by molar-refractivity contribution is 0.627. The van der Waals surface area contributed by atoms with Crippen LogP contribution in [0.3, 0.4) is 0 Å². The maximum absolute atomic E-state index is 3.90. The van der Waals surface area contributed by atoms with E-state index in [1.807, 2.05) is 6.08 Å². The molecule has 0 aromatic heterocycles. The molecule has 1 aliphatic rings. The molecule has 0 saturated heterocycles. The average Bonchev–Trinajstić information content (AvgIpc) is 2.09. The fourth-order valence-corrected chi connectivity index (χ4v) is 1.11. The van der Waals surface area contributed by atoms with Gasteiger partial charge in [0, 0.05) is 5.92 Å². The normalized spacial score (nSPS) is 32.2. The van der Waals surface area contributed by atoms with E-state index in [0.717, 1.165) is 0 Å². The molecular weight excluding hydrogens is 96.1 g/mol. The van der Waals surface area contributed by atoms with Crippen molar-refractivity contribution in [1.29, 1.82) is 0 Å². The first-order chi connectivity index (χ1) is 3.60. The van der Waals surface area contributed by atoms with Crippen LogP contribution in [0.4, 0.5) is 0 Å². The third-order valence-electron chi connectivity index (χ3n) is 2.13. The predicted molar refractivity (Wildman–Crippen MR) is 36.6 cm³/mol. The Balaban J connectivity index is 2.71. The van der Waals surface area contributed by atoms with Crippen LogP contribution in [0.15, 0.2) is 24.8 Å². The van der Waals surface area contributed by atoms with Gasteiger partial charge in [-0.15, -0.1) is 6.58 Å². The van der Waals surface area contributed by atoms with Gasteiger partial charge in [-0.25, -0.2) is 0 Å². The molecule has 0 heteroatoms. The molecule has 1 unspecified atom stereocenters. The van der Waals surface area contributed by atoms with E-state index in [4.69, 9.17) is 0 Å². The van der Waals surface area contributed by atoms with Crippen molar-refractivity contribution in [2.45, 2.75) is 13.8 Å². The minimum absolute atomic E-state index is 0.363. The molecule has 0 radical (unpaired) electrons. The quantitative estimate of drug-likeness (QED) is 0.452. The Bertz CT molecular complexity index is 140. The first-order valence-corrected chi connectivity index (χ1v) is 2.92. The van der Waals surface area contributed by atoms with Crippen LogP contribution in [0.25, 0.3) is 0 Å². The van der Waals surface area contributed by atoms with Crippen LogP contribution in [0.2, 0.25) is 0 Å². The Morgan fingerprint density at radius 2 is 2.00 bits per heavy atom. The van der Waals surface area contributed by atoms with E-state index in [2.05, 4.69) is 27.0 Å². The van der Waals surface area contributed by atoms with Crippen LogP contribution in [0.1, 0.15) is 13.8 Å². The Kier molecular flexibility index (Phi) is 0.877. The standard InChI is InChI=1S/C8H12/c1-5-7-6(2)8(7,3)4/h5,7H,1-2H2,3-4H3. The smallest absolute Gasteiger partial charge is 0.00657 e. The molecule has 0 heterocycles. The molecule has 1 atom stereocenters. The van der Waals surface area contributed by atoms with Gasteiger partial charge in [-0.2, -0.15) is 0 Å². The van der Waals surface area contributed by atoms with E-state index in [0.29, 0.717) is 11.3 Å². The molecule has 1 rings (SSSR count). The zero-order chi connectivity index (χ0) is 6.36. The molecule has 0 N–H and O–H groups in total. The Labute approximate surface area is 50.9 Å². The molecule has 8 heavy (non-hydrogen) atoms. The average molecular weight is 108 g/mol. The van der Waals surface area contributed by atoms with Gasteiger partial charge in [0.1, 0.15) is 0 Å². The molecule has 0 spiro atoms. The lowest BCUT2D eigenvalue weighted by Crippen LogP contribution is -1.84. The molecule has 0 nitrogen and oxygen atoms in total. The summed E-state index contributed by atoms with van der Waals surface area (Å²) in [4.78, 5) is 0. The van der Waals surface area contributed by atoms with Gasteiger partial charge in [-0.1, -0.05) is 32.1 Å². The monoisotopic (exact) mass is 108 g/mol. The van der Waals surface area contributed by atoms with Gasteiger partial charge in [0.2, 0.25) is 0 Å². The molecule has 44 valence electrons. The zero-order valence-electron chi connectivity index (χ0n) is 5.57. The van der Waals surface area contributed by atoms with E-state index in [1.54, 1.807) is 0 Å². The van der Waals surface area contributed by atoms with Crippen molar-refractivity contribution in [1.82, 2.24) is 0 Å². The highest BCUT2D eigenvalue weighted by molar-refractivity contribution is 5.37. The highest BCUT2D eigenvalue weighted by atomic mass is 14.5. The second-order valence-electron chi connectivity index (χ2n) is 2.96. The summed E-state index contributed by atoms with van der Waals surface area (Å²) in [6.45, 7) is 12.0. The van der Waals surface area contributed by atoms with E-state index in [9.17, 15) is 0 Å². The summed E-state index contributed by atoms with van der Waals surface area (Å²) >= 11 is 0. The lowest BCUT2D eigenvalue weighted by Gasteiger charge is -1.92. The first kappa shape index (κ1) is 5.61. The molecule has 0 bridgehead atoms. The first-order valence-electron chi connectivity index (χ1n) is 2.92. The molecule has 0 aliphatic heterocycles. The van der Waals surface area contributed by atoms with Crippen LogP contribution in [0, 0.1) is 11.3 Å². The van der Waals surface area contributed by atoms with Crippen LogP contribution in [0.5, 0.6) is 0 Å². The Morgan fingerprint density at radius 1 is 1.62 bits per heavy atom. The highest BCUT2D eigenvalue weighted by Crippen LogP contribution is 2.56. The molecular formula is C8H12. The van der Waals surface area contributed by atoms with Gasteiger partial charge >= 0.3 is 0 Å². The summed E-state index contributed by atoms with van der Waals surface area (Å²) in [6.07, 6.45) is 1.97. The van der Waals surface area contributed by atoms with Crippen molar-refractivity contribution in [2.75, 3.05) is 0 Å². The summed E-state index contributed by atoms with van der Waals surface area (Å²) in [5, 5.41) is 0. The molecule has 1 saturated carbocycles.